The van der Waals surface area contributed by atoms with Crippen molar-refractivity contribution in [3.05, 3.63) is 24.5 Å². The Labute approximate surface area is 165 Å². The summed E-state index contributed by atoms with van der Waals surface area (Å²) in [5, 5.41) is 9.59. The van der Waals surface area contributed by atoms with Crippen LogP contribution < -0.4 is 0 Å². The Hall–Kier alpha value is -1.93. The average Bonchev–Trinajstić information content (AvgIpc) is 3.10. The number of pyridine rings is 1. The summed E-state index contributed by atoms with van der Waals surface area (Å²) in [6.07, 6.45) is 7.98. The quantitative estimate of drug-likeness (QED) is 0.647. The van der Waals surface area contributed by atoms with Crippen molar-refractivity contribution in [2.24, 2.45) is 0 Å². The minimum Gasteiger partial charge on any atom is -0.342 e. The van der Waals surface area contributed by atoms with Gasteiger partial charge in [0.05, 0.1) is 5.75 Å². The molecule has 3 heterocycles. The molecule has 1 amide bonds. The molecule has 2 aromatic rings. The zero-order chi connectivity index (χ0) is 19.1. The lowest BCUT2D eigenvalue weighted by Gasteiger charge is -2.26. The molecule has 146 valence electrons. The number of aromatic nitrogens is 4. The Bertz CT molecular complexity index is 727. The molecule has 0 unspecified atom stereocenters. The molecule has 0 aromatic carbocycles. The molecule has 0 bridgehead atoms. The zero-order valence-electron chi connectivity index (χ0n) is 16.2. The highest BCUT2D eigenvalue weighted by molar-refractivity contribution is 7.99. The summed E-state index contributed by atoms with van der Waals surface area (Å²) in [5.41, 5.74) is 0.997. The molecule has 1 aliphatic heterocycles. The predicted octanol–water partition coefficient (Wildman–Crippen LogP) is 2.40. The van der Waals surface area contributed by atoms with Gasteiger partial charge in [-0.05, 0) is 58.5 Å². The smallest absolute Gasteiger partial charge is 0.233 e. The van der Waals surface area contributed by atoms with Crippen molar-refractivity contribution in [1.29, 1.82) is 0 Å². The highest BCUT2D eigenvalue weighted by Crippen LogP contribution is 2.24. The summed E-state index contributed by atoms with van der Waals surface area (Å²) in [4.78, 5) is 20.7. The van der Waals surface area contributed by atoms with Gasteiger partial charge >= 0.3 is 0 Å². The van der Waals surface area contributed by atoms with Crippen LogP contribution in [0.5, 0.6) is 0 Å². The standard InChI is InChI=1S/C19H28N6OS/c1-23(2)11-6-14-25-18(16-7-9-20-10-8-16)21-22-19(25)27-15-17(26)24-12-4-3-5-13-24/h7-10H,3-6,11-15H2,1-2H3. The summed E-state index contributed by atoms with van der Waals surface area (Å²) >= 11 is 1.49. The van der Waals surface area contributed by atoms with Crippen molar-refractivity contribution in [2.75, 3.05) is 39.5 Å². The van der Waals surface area contributed by atoms with Crippen LogP contribution in [-0.4, -0.2) is 74.9 Å². The van der Waals surface area contributed by atoms with Crippen molar-refractivity contribution in [1.82, 2.24) is 29.5 Å². The van der Waals surface area contributed by atoms with Gasteiger partial charge in [0.25, 0.3) is 0 Å². The van der Waals surface area contributed by atoms with E-state index < -0.39 is 0 Å². The monoisotopic (exact) mass is 388 g/mol. The van der Waals surface area contributed by atoms with E-state index in [9.17, 15) is 4.79 Å². The largest absolute Gasteiger partial charge is 0.342 e. The fourth-order valence-electron chi connectivity index (χ4n) is 3.22. The fourth-order valence-corrected chi connectivity index (χ4v) is 4.08. The van der Waals surface area contributed by atoms with Crippen LogP contribution in [0.25, 0.3) is 11.4 Å². The molecule has 0 spiro atoms. The Morgan fingerprint density at radius 3 is 2.59 bits per heavy atom. The van der Waals surface area contributed by atoms with E-state index in [2.05, 4.69) is 38.7 Å². The lowest BCUT2D eigenvalue weighted by molar-refractivity contribution is -0.129. The van der Waals surface area contributed by atoms with Crippen LogP contribution in [0.1, 0.15) is 25.7 Å². The number of likely N-dealkylation sites (tertiary alicyclic amines) is 1. The van der Waals surface area contributed by atoms with Gasteiger partial charge in [0, 0.05) is 37.6 Å². The van der Waals surface area contributed by atoms with Crippen LogP contribution in [0.3, 0.4) is 0 Å². The minimum atomic E-state index is 0.202. The average molecular weight is 389 g/mol. The normalized spacial score (nSPS) is 14.7. The summed E-state index contributed by atoms with van der Waals surface area (Å²) in [6.45, 7) is 3.59. The summed E-state index contributed by atoms with van der Waals surface area (Å²) in [7, 11) is 4.14. The first-order valence-corrected chi connectivity index (χ1v) is 10.5. The van der Waals surface area contributed by atoms with Crippen LogP contribution in [0.2, 0.25) is 0 Å². The molecule has 0 aliphatic carbocycles. The number of carbonyl (C=O) groups is 1. The molecule has 0 atom stereocenters. The number of hydrogen-bond donors (Lipinski definition) is 0. The second kappa shape index (κ2) is 9.85. The van der Waals surface area contributed by atoms with Crippen LogP contribution in [-0.2, 0) is 11.3 Å². The van der Waals surface area contributed by atoms with Crippen LogP contribution in [0.4, 0.5) is 0 Å². The SMILES string of the molecule is CN(C)CCCn1c(SCC(=O)N2CCCCC2)nnc1-c1ccncc1. The van der Waals surface area contributed by atoms with Crippen LogP contribution in [0.15, 0.2) is 29.7 Å². The van der Waals surface area contributed by atoms with Gasteiger partial charge < -0.3 is 14.4 Å². The van der Waals surface area contributed by atoms with E-state index in [1.165, 1.54) is 18.2 Å². The first-order valence-electron chi connectivity index (χ1n) is 9.54. The number of carbonyl (C=O) groups excluding carboxylic acids is 1. The summed E-state index contributed by atoms with van der Waals surface area (Å²) < 4.78 is 2.13. The van der Waals surface area contributed by atoms with Gasteiger partial charge in [-0.1, -0.05) is 11.8 Å². The number of nitrogens with zero attached hydrogens (tertiary/aromatic N) is 6. The third kappa shape index (κ3) is 5.52. The second-order valence-electron chi connectivity index (χ2n) is 7.08. The van der Waals surface area contributed by atoms with Gasteiger partial charge in [-0.15, -0.1) is 10.2 Å². The highest BCUT2D eigenvalue weighted by Gasteiger charge is 2.19. The van der Waals surface area contributed by atoms with E-state index in [1.54, 1.807) is 12.4 Å². The van der Waals surface area contributed by atoms with Gasteiger partial charge in [0.2, 0.25) is 5.91 Å². The topological polar surface area (TPSA) is 67.2 Å². The molecule has 3 rings (SSSR count). The summed E-state index contributed by atoms with van der Waals surface area (Å²) in [5.74, 6) is 1.46. The third-order valence-electron chi connectivity index (χ3n) is 4.68. The Morgan fingerprint density at radius 2 is 1.89 bits per heavy atom. The first-order chi connectivity index (χ1) is 13.1. The molecule has 7 nitrogen and oxygen atoms in total. The molecule has 2 aromatic heterocycles. The Balaban J connectivity index is 1.71. The molecule has 0 N–H and O–H groups in total. The van der Waals surface area contributed by atoms with Crippen LogP contribution in [0, 0.1) is 0 Å². The summed E-state index contributed by atoms with van der Waals surface area (Å²) in [6, 6.07) is 3.89. The zero-order valence-corrected chi connectivity index (χ0v) is 17.0. The molecular formula is C19H28N6OS. The Kier molecular flexibility index (Phi) is 7.23. The van der Waals surface area contributed by atoms with Crippen molar-refractivity contribution in [2.45, 2.75) is 37.4 Å². The van der Waals surface area contributed by atoms with Gasteiger partial charge in [0.1, 0.15) is 0 Å². The number of rotatable bonds is 8. The van der Waals surface area contributed by atoms with Gasteiger partial charge in [-0.2, -0.15) is 0 Å². The number of hydrogen-bond acceptors (Lipinski definition) is 6. The lowest BCUT2D eigenvalue weighted by atomic mass is 10.1. The maximum atomic E-state index is 12.5. The highest BCUT2D eigenvalue weighted by atomic mass is 32.2. The molecule has 1 saturated heterocycles. The number of thioether (sulfide) groups is 1. The molecule has 1 aliphatic rings. The lowest BCUT2D eigenvalue weighted by Crippen LogP contribution is -2.36. The minimum absolute atomic E-state index is 0.202. The maximum Gasteiger partial charge on any atom is 0.233 e. The molecular weight excluding hydrogens is 360 g/mol. The molecule has 8 heteroatoms. The number of piperidine rings is 1. The molecule has 0 radical (unpaired) electrons. The van der Waals surface area contributed by atoms with E-state index in [1.807, 2.05) is 17.0 Å². The Morgan fingerprint density at radius 1 is 1.15 bits per heavy atom. The first kappa shape index (κ1) is 19.8. The van der Waals surface area contributed by atoms with Crippen LogP contribution >= 0.6 is 11.8 Å². The van der Waals surface area contributed by atoms with Gasteiger partial charge in [-0.3, -0.25) is 9.78 Å². The van der Waals surface area contributed by atoms with Crippen molar-refractivity contribution < 1.29 is 4.79 Å². The van der Waals surface area contributed by atoms with Crippen molar-refractivity contribution in [3.63, 3.8) is 0 Å². The van der Waals surface area contributed by atoms with E-state index in [-0.39, 0.29) is 5.91 Å². The van der Waals surface area contributed by atoms with E-state index in [0.29, 0.717) is 5.75 Å². The predicted molar refractivity (Wildman–Crippen MR) is 108 cm³/mol. The second-order valence-corrected chi connectivity index (χ2v) is 8.02. The molecule has 27 heavy (non-hydrogen) atoms. The maximum absolute atomic E-state index is 12.5. The van der Waals surface area contributed by atoms with Crippen molar-refractivity contribution in [3.8, 4) is 11.4 Å². The van der Waals surface area contributed by atoms with Gasteiger partial charge in [-0.25, -0.2) is 0 Å². The van der Waals surface area contributed by atoms with E-state index in [0.717, 1.165) is 62.0 Å². The fraction of sp³-hybridized carbons (Fsp3) is 0.579. The number of amides is 1. The molecule has 1 fully saturated rings. The molecule has 0 saturated carbocycles. The van der Waals surface area contributed by atoms with Crippen molar-refractivity contribution >= 4 is 17.7 Å². The van der Waals surface area contributed by atoms with E-state index in [4.69, 9.17) is 0 Å². The van der Waals surface area contributed by atoms with E-state index >= 15 is 0 Å². The third-order valence-corrected chi connectivity index (χ3v) is 5.63. The van der Waals surface area contributed by atoms with Gasteiger partial charge in [0.15, 0.2) is 11.0 Å².